The molecule has 17 heavy (non-hydrogen) atoms. The Bertz CT molecular complexity index is 421. The Morgan fingerprint density at radius 3 is 3.18 bits per heavy atom. The number of anilines is 2. The van der Waals surface area contributed by atoms with E-state index in [9.17, 15) is 0 Å². The van der Waals surface area contributed by atoms with Crippen LogP contribution in [0.1, 0.15) is 24.8 Å². The van der Waals surface area contributed by atoms with Crippen molar-refractivity contribution in [2.24, 2.45) is 0 Å². The summed E-state index contributed by atoms with van der Waals surface area (Å²) in [5, 5.41) is 12.8. The third kappa shape index (κ3) is 3.04. The lowest BCUT2D eigenvalue weighted by Crippen LogP contribution is -2.21. The van der Waals surface area contributed by atoms with Gasteiger partial charge in [-0.2, -0.15) is 17.0 Å². The van der Waals surface area contributed by atoms with Crippen LogP contribution in [0.2, 0.25) is 0 Å². The number of hydrogen-bond donors (Lipinski definition) is 2. The van der Waals surface area contributed by atoms with Crippen molar-refractivity contribution in [2.75, 3.05) is 23.3 Å². The molecular formula is C12H16N4S. The molecule has 0 aliphatic carbocycles. The Hall–Kier alpha value is -1.41. The van der Waals surface area contributed by atoms with Crippen LogP contribution >= 0.6 is 11.8 Å². The smallest absolute Gasteiger partial charge is 0.150 e. The van der Waals surface area contributed by atoms with Crippen LogP contribution in [-0.2, 0) is 0 Å². The number of aromatic nitrogens is 1. The molecule has 1 unspecified atom stereocenters. The minimum Gasteiger partial charge on any atom is -0.395 e. The summed E-state index contributed by atoms with van der Waals surface area (Å²) in [6, 6.07) is 3.70. The molecule has 1 aromatic heterocycles. The third-order valence-corrected chi connectivity index (χ3v) is 4.28. The lowest BCUT2D eigenvalue weighted by atomic mass is 10.2. The van der Waals surface area contributed by atoms with Crippen LogP contribution < -0.4 is 11.1 Å². The summed E-state index contributed by atoms with van der Waals surface area (Å²) in [5.74, 6) is 1.88. The minimum atomic E-state index is 0.454. The maximum Gasteiger partial charge on any atom is 0.150 e. The van der Waals surface area contributed by atoms with E-state index < -0.39 is 0 Å². The van der Waals surface area contributed by atoms with Crippen LogP contribution in [0, 0.1) is 11.3 Å². The Balaban J connectivity index is 1.96. The topological polar surface area (TPSA) is 74.7 Å². The highest BCUT2D eigenvalue weighted by Gasteiger charge is 2.14. The molecule has 4 nitrogen and oxygen atoms in total. The van der Waals surface area contributed by atoms with Gasteiger partial charge in [0.25, 0.3) is 0 Å². The number of nitrogens with two attached hydrogens (primary N) is 1. The summed E-state index contributed by atoms with van der Waals surface area (Å²) < 4.78 is 0. The van der Waals surface area contributed by atoms with Crippen molar-refractivity contribution >= 4 is 23.3 Å². The van der Waals surface area contributed by atoms with E-state index in [0.29, 0.717) is 22.3 Å². The lowest BCUT2D eigenvalue weighted by molar-refractivity contribution is 0.677. The Labute approximate surface area is 106 Å². The molecule has 1 aliphatic rings. The van der Waals surface area contributed by atoms with Crippen molar-refractivity contribution < 1.29 is 0 Å². The number of nitriles is 1. The number of thioether (sulfide) groups is 1. The van der Waals surface area contributed by atoms with E-state index in [4.69, 9.17) is 11.0 Å². The quantitative estimate of drug-likeness (QED) is 0.858. The highest BCUT2D eigenvalue weighted by Crippen LogP contribution is 2.26. The van der Waals surface area contributed by atoms with Crippen molar-refractivity contribution in [3.63, 3.8) is 0 Å². The number of hydrogen-bond acceptors (Lipinski definition) is 5. The SMILES string of the molecule is N#Cc1ccnc(NCC2CCCCS2)c1N. The van der Waals surface area contributed by atoms with Crippen molar-refractivity contribution in [3.8, 4) is 6.07 Å². The largest absolute Gasteiger partial charge is 0.395 e. The van der Waals surface area contributed by atoms with E-state index in [2.05, 4.69) is 16.4 Å². The first-order valence-electron chi connectivity index (χ1n) is 5.81. The van der Waals surface area contributed by atoms with Gasteiger partial charge in [0.15, 0.2) is 5.82 Å². The zero-order valence-corrected chi connectivity index (χ0v) is 10.5. The van der Waals surface area contributed by atoms with Crippen molar-refractivity contribution in [1.82, 2.24) is 4.98 Å². The van der Waals surface area contributed by atoms with Crippen molar-refractivity contribution in [1.29, 1.82) is 5.26 Å². The summed E-state index contributed by atoms with van der Waals surface area (Å²) >= 11 is 2.00. The molecule has 1 aromatic rings. The number of nitrogens with zero attached hydrogens (tertiary/aromatic N) is 2. The highest BCUT2D eigenvalue weighted by molar-refractivity contribution is 7.99. The Morgan fingerprint density at radius 2 is 2.47 bits per heavy atom. The average molecular weight is 248 g/mol. The average Bonchev–Trinajstić information content (AvgIpc) is 2.39. The highest BCUT2D eigenvalue weighted by atomic mass is 32.2. The van der Waals surface area contributed by atoms with Crippen molar-refractivity contribution in [3.05, 3.63) is 17.8 Å². The predicted molar refractivity (Wildman–Crippen MR) is 72.0 cm³/mol. The second-order valence-electron chi connectivity index (χ2n) is 4.10. The molecular weight excluding hydrogens is 232 g/mol. The van der Waals surface area contributed by atoms with Crippen LogP contribution in [0.4, 0.5) is 11.5 Å². The molecule has 0 radical (unpaired) electrons. The monoisotopic (exact) mass is 248 g/mol. The van der Waals surface area contributed by atoms with Gasteiger partial charge in [-0.3, -0.25) is 0 Å². The minimum absolute atomic E-state index is 0.454. The molecule has 2 rings (SSSR count). The number of rotatable bonds is 3. The van der Waals surface area contributed by atoms with E-state index in [1.54, 1.807) is 12.3 Å². The van der Waals surface area contributed by atoms with Crippen LogP contribution in [0.25, 0.3) is 0 Å². The van der Waals surface area contributed by atoms with Gasteiger partial charge in [0, 0.05) is 18.0 Å². The van der Waals surface area contributed by atoms with Gasteiger partial charge in [0.05, 0.1) is 11.3 Å². The molecule has 2 heterocycles. The number of nitrogen functional groups attached to an aromatic ring is 1. The Kier molecular flexibility index (Phi) is 4.10. The number of pyridine rings is 1. The second kappa shape index (κ2) is 5.78. The van der Waals surface area contributed by atoms with Crippen LogP contribution in [0.3, 0.4) is 0 Å². The van der Waals surface area contributed by atoms with E-state index in [1.165, 1.54) is 25.0 Å². The molecule has 3 N–H and O–H groups in total. The molecule has 1 fully saturated rings. The van der Waals surface area contributed by atoms with Gasteiger partial charge in [-0.15, -0.1) is 0 Å². The standard InChI is InChI=1S/C12H16N4S/c13-7-9-4-5-15-12(11(9)14)16-8-10-3-1-2-6-17-10/h4-5,10H,1-3,6,8,14H2,(H,15,16). The summed E-state index contributed by atoms with van der Waals surface area (Å²) in [6.45, 7) is 0.872. The fourth-order valence-corrected chi connectivity index (χ4v) is 3.13. The van der Waals surface area contributed by atoms with Gasteiger partial charge in [-0.1, -0.05) is 6.42 Å². The lowest BCUT2D eigenvalue weighted by Gasteiger charge is -2.22. The molecule has 0 bridgehead atoms. The molecule has 0 amide bonds. The van der Waals surface area contributed by atoms with Crippen LogP contribution in [-0.4, -0.2) is 22.5 Å². The normalized spacial score (nSPS) is 19.6. The zero-order valence-electron chi connectivity index (χ0n) is 9.65. The summed E-state index contributed by atoms with van der Waals surface area (Å²) in [7, 11) is 0. The van der Waals surface area contributed by atoms with E-state index in [0.717, 1.165) is 6.54 Å². The maximum atomic E-state index is 8.87. The molecule has 5 heteroatoms. The predicted octanol–water partition coefficient (Wildman–Crippen LogP) is 2.23. The second-order valence-corrected chi connectivity index (χ2v) is 5.51. The van der Waals surface area contributed by atoms with Crippen LogP contribution in [0.15, 0.2) is 12.3 Å². The van der Waals surface area contributed by atoms with Crippen LogP contribution in [0.5, 0.6) is 0 Å². The molecule has 0 aromatic carbocycles. The van der Waals surface area contributed by atoms with Crippen molar-refractivity contribution in [2.45, 2.75) is 24.5 Å². The van der Waals surface area contributed by atoms with Gasteiger partial charge in [0.1, 0.15) is 6.07 Å². The molecule has 90 valence electrons. The first-order valence-corrected chi connectivity index (χ1v) is 6.86. The van der Waals surface area contributed by atoms with Gasteiger partial charge < -0.3 is 11.1 Å². The fraction of sp³-hybridized carbons (Fsp3) is 0.500. The van der Waals surface area contributed by atoms with E-state index in [-0.39, 0.29) is 0 Å². The van der Waals surface area contributed by atoms with E-state index in [1.807, 2.05) is 11.8 Å². The Morgan fingerprint density at radius 1 is 1.59 bits per heavy atom. The van der Waals surface area contributed by atoms with E-state index >= 15 is 0 Å². The van der Waals surface area contributed by atoms with Gasteiger partial charge in [0.2, 0.25) is 0 Å². The molecule has 0 saturated carbocycles. The first-order chi connectivity index (χ1) is 8.31. The summed E-state index contributed by atoms with van der Waals surface area (Å²) in [5.41, 5.74) is 6.79. The zero-order chi connectivity index (χ0) is 12.1. The molecule has 0 spiro atoms. The number of nitrogens with one attached hydrogen (secondary N) is 1. The molecule has 1 aliphatic heterocycles. The summed E-state index contributed by atoms with van der Waals surface area (Å²) in [6.07, 6.45) is 5.49. The fourth-order valence-electron chi connectivity index (χ4n) is 1.89. The summed E-state index contributed by atoms with van der Waals surface area (Å²) in [4.78, 5) is 4.17. The first kappa shape index (κ1) is 12.1. The molecule has 1 atom stereocenters. The molecule has 1 saturated heterocycles. The van der Waals surface area contributed by atoms with Gasteiger partial charge >= 0.3 is 0 Å². The van der Waals surface area contributed by atoms with Gasteiger partial charge in [-0.05, 0) is 24.7 Å². The maximum absolute atomic E-state index is 8.87. The van der Waals surface area contributed by atoms with Gasteiger partial charge in [-0.25, -0.2) is 4.98 Å². The third-order valence-electron chi connectivity index (χ3n) is 2.88.